The predicted octanol–water partition coefficient (Wildman–Crippen LogP) is 0.534. The number of amides is 15. The minimum Gasteiger partial charge on any atom is -0.467 e. The summed E-state index contributed by atoms with van der Waals surface area (Å²) in [7, 11) is 4.81. The van der Waals surface area contributed by atoms with Crippen molar-refractivity contribution in [2.45, 2.75) is 265 Å². The first-order chi connectivity index (χ1) is 50.2. The molecule has 3 aromatic carbocycles. The van der Waals surface area contributed by atoms with Crippen molar-refractivity contribution >= 4 is 111 Å². The first-order valence-electron chi connectivity index (χ1n) is 35.9. The summed E-state index contributed by atoms with van der Waals surface area (Å²) in [5, 5.41) is 40.1. The van der Waals surface area contributed by atoms with E-state index in [2.05, 4.69) is 84.5 Å². The van der Waals surface area contributed by atoms with Crippen LogP contribution in [0.4, 0.5) is 10.5 Å². The molecule has 3 aromatic rings. The van der Waals surface area contributed by atoms with Crippen molar-refractivity contribution in [3.63, 3.8) is 0 Å². The molecule has 0 saturated carbocycles. The largest absolute Gasteiger partial charge is 0.467 e. The third-order valence-corrected chi connectivity index (χ3v) is 17.4. The Balaban J connectivity index is 1.73. The quantitative estimate of drug-likeness (QED) is 0.0357. The number of rotatable bonds is 35. The van der Waals surface area contributed by atoms with Gasteiger partial charge in [0, 0.05) is 32.6 Å². The van der Waals surface area contributed by atoms with E-state index in [1.807, 2.05) is 55.4 Å². The van der Waals surface area contributed by atoms with Gasteiger partial charge in [-0.05, 0) is 193 Å². The van der Waals surface area contributed by atoms with Gasteiger partial charge in [-0.15, -0.1) is 0 Å². The molecule has 0 radical (unpaired) electrons. The molecule has 8 atom stereocenters. The van der Waals surface area contributed by atoms with Crippen molar-refractivity contribution in [1.29, 1.82) is 0 Å². The Morgan fingerprint density at radius 2 is 0.591 bits per heavy atom. The molecule has 0 bridgehead atoms. The van der Waals surface area contributed by atoms with Gasteiger partial charge < -0.3 is 94.1 Å². The predicted molar refractivity (Wildman–Crippen MR) is 410 cm³/mol. The van der Waals surface area contributed by atoms with Gasteiger partial charge in [0.15, 0.2) is 0 Å². The topological polar surface area (TPSA) is 475 Å². The van der Waals surface area contributed by atoms with Gasteiger partial charge in [0.2, 0.25) is 82.7 Å². The molecule has 0 aromatic heterocycles. The number of carbonyl (C=O) groups excluding carboxylic acids is 16. The second-order valence-electron chi connectivity index (χ2n) is 32.4. The highest BCUT2D eigenvalue weighted by atomic mass is 16.6. The fourth-order valence-electron chi connectivity index (χ4n) is 10.1. The van der Waals surface area contributed by atoms with Gasteiger partial charge in [0.05, 0.1) is 7.11 Å². The number of carbonyl (C=O) groups is 16. The Morgan fingerprint density at radius 3 is 0.891 bits per heavy atom. The molecular formula is C76H116N16O18. The van der Waals surface area contributed by atoms with Gasteiger partial charge in [-0.3, -0.25) is 67.1 Å². The molecule has 608 valence electrons. The van der Waals surface area contributed by atoms with E-state index in [1.165, 1.54) is 138 Å². The molecule has 0 heterocycles. The van der Waals surface area contributed by atoms with Crippen molar-refractivity contribution in [1.82, 2.24) is 79.8 Å². The average molecular weight is 1540 g/mol. The van der Waals surface area contributed by atoms with Crippen LogP contribution >= 0.6 is 0 Å². The van der Waals surface area contributed by atoms with E-state index in [4.69, 9.17) is 4.74 Å². The minimum atomic E-state index is -1.81. The molecule has 0 aliphatic heterocycles. The third-order valence-electron chi connectivity index (χ3n) is 17.4. The summed E-state index contributed by atoms with van der Waals surface area (Å²) in [6.45, 7) is 32.0. The van der Waals surface area contributed by atoms with E-state index in [-0.39, 0.29) is 12.8 Å². The number of nitrogens with zero attached hydrogens (tertiary/aromatic N) is 1. The number of benzene rings is 3. The highest BCUT2D eigenvalue weighted by molar-refractivity contribution is 6.03. The standard InChI is InChI=1S/C76H116N16O18/c1-40(79-64(104)74(18,19)91-59(99)52(39-47-31-34-48-29-27-28-30-49(48)37-47)84-67(107)76(22,23)88-56(96)43(4)78-62(102)71(12,13)89-57(97)44(5)82-68(108)110-69(7,8)9)53(93)85-70(10,11)61(101)77-42(3)55(95)87-75(20,21)66(106)83-51(38-46-32-35-50(36-33-46)92(24)25)58(98)90-73(16,17)63(103)80-41(2)54(94)86-72(14,15)65(105)81-45(6)60(100)109-26/h27-37,40-45,51-52H,38-39H2,1-26H3,(H,77,101)(H,78,102)(H,79,104)(H,80,103)(H,81,105)(H,82,108)(H,83,106)(H,84,107)(H,85,93)(H,86,94)(H,87,95)(H,88,96)(H,89,97)(H,90,98)(H,91,99)/t40-,41-,42-,43-,44-,45-,51-,52-/m0/s1. The number of ether oxygens (including phenoxy) is 2. The van der Waals surface area contributed by atoms with Crippen LogP contribution < -0.4 is 84.7 Å². The number of nitrogens with one attached hydrogen (secondary N) is 15. The van der Waals surface area contributed by atoms with Gasteiger partial charge in [0.25, 0.3) is 0 Å². The van der Waals surface area contributed by atoms with Gasteiger partial charge in [-0.2, -0.15) is 0 Å². The van der Waals surface area contributed by atoms with Gasteiger partial charge in [-0.25, -0.2) is 9.59 Å². The molecule has 15 amide bonds. The fraction of sp³-hybridized carbons (Fsp3) is 0.579. The molecule has 0 aliphatic rings. The van der Waals surface area contributed by atoms with E-state index in [9.17, 15) is 76.7 Å². The highest BCUT2D eigenvalue weighted by Crippen LogP contribution is 2.21. The minimum absolute atomic E-state index is 0.123. The van der Waals surface area contributed by atoms with Gasteiger partial charge >= 0.3 is 12.1 Å². The Labute approximate surface area is 643 Å². The molecule has 0 spiro atoms. The van der Waals surface area contributed by atoms with Crippen molar-refractivity contribution < 1.29 is 86.2 Å². The van der Waals surface area contributed by atoms with Crippen LogP contribution in [0.1, 0.15) is 170 Å². The normalized spacial score (nSPS) is 14.3. The van der Waals surface area contributed by atoms with Crippen LogP contribution in [-0.2, 0) is 94.2 Å². The number of esters is 1. The van der Waals surface area contributed by atoms with Crippen molar-refractivity contribution in [2.75, 3.05) is 26.1 Å². The number of hydrogen-bond donors (Lipinski definition) is 15. The number of alkyl carbamates (subject to hydrolysis) is 1. The van der Waals surface area contributed by atoms with E-state index in [1.54, 1.807) is 51.1 Å². The number of fused-ring (bicyclic) bond motifs is 1. The van der Waals surface area contributed by atoms with Crippen molar-refractivity contribution in [2.24, 2.45) is 0 Å². The lowest BCUT2D eigenvalue weighted by molar-refractivity contribution is -0.145. The molecule has 0 unspecified atom stereocenters. The maximum absolute atomic E-state index is 14.5. The Morgan fingerprint density at radius 1 is 0.327 bits per heavy atom. The number of hydrogen-bond acceptors (Lipinski definition) is 19. The van der Waals surface area contributed by atoms with Crippen molar-refractivity contribution in [3.05, 3.63) is 77.9 Å². The molecular weight excluding hydrogens is 1420 g/mol. The molecule has 110 heavy (non-hydrogen) atoms. The first-order valence-corrected chi connectivity index (χ1v) is 35.9. The van der Waals surface area contributed by atoms with Crippen LogP contribution in [-0.4, -0.2) is 209 Å². The summed E-state index contributed by atoms with van der Waals surface area (Å²) in [5.74, 6) is -12.4. The second-order valence-corrected chi connectivity index (χ2v) is 32.4. The molecule has 0 fully saturated rings. The zero-order valence-electron chi connectivity index (χ0n) is 68.2. The molecule has 34 nitrogen and oxygen atoms in total. The van der Waals surface area contributed by atoms with Crippen LogP contribution in [0, 0.1) is 0 Å². The smallest absolute Gasteiger partial charge is 0.408 e. The molecule has 3 rings (SSSR count). The molecule has 0 saturated heterocycles. The lowest BCUT2D eigenvalue weighted by atomic mass is 9.97. The monoisotopic (exact) mass is 1540 g/mol. The van der Waals surface area contributed by atoms with Crippen molar-refractivity contribution in [3.8, 4) is 0 Å². The maximum atomic E-state index is 14.5. The van der Waals surface area contributed by atoms with Crippen LogP contribution in [0.3, 0.4) is 0 Å². The summed E-state index contributed by atoms with van der Waals surface area (Å²) < 4.78 is 9.85. The Hall–Kier alpha value is -11.0. The summed E-state index contributed by atoms with van der Waals surface area (Å²) >= 11 is 0. The molecule has 0 aliphatic carbocycles. The number of anilines is 1. The van der Waals surface area contributed by atoms with Crippen LogP contribution in [0.2, 0.25) is 0 Å². The van der Waals surface area contributed by atoms with E-state index in [0.717, 1.165) is 23.6 Å². The summed E-state index contributed by atoms with van der Waals surface area (Å²) in [4.78, 5) is 219. The molecule has 15 N–H and O–H groups in total. The second kappa shape index (κ2) is 37.4. The summed E-state index contributed by atoms with van der Waals surface area (Å²) in [6, 6.07) is 9.57. The lowest BCUT2D eigenvalue weighted by Gasteiger charge is -2.33. The number of methoxy groups -OCH3 is 1. The average Bonchev–Trinajstić information content (AvgIpc) is 0.825. The summed E-state index contributed by atoms with van der Waals surface area (Å²) in [5.41, 5.74) is -10.9. The Kier molecular flexibility index (Phi) is 31.7. The summed E-state index contributed by atoms with van der Waals surface area (Å²) in [6.07, 6.45) is -1.11. The van der Waals surface area contributed by atoms with Gasteiger partial charge in [-0.1, -0.05) is 54.6 Å². The van der Waals surface area contributed by atoms with Crippen LogP contribution in [0.15, 0.2) is 66.7 Å². The Bertz CT molecular complexity index is 3950. The fourth-order valence-corrected chi connectivity index (χ4v) is 10.1. The van der Waals surface area contributed by atoms with Crippen LogP contribution in [0.5, 0.6) is 0 Å². The van der Waals surface area contributed by atoms with E-state index in [0.29, 0.717) is 11.1 Å². The van der Waals surface area contributed by atoms with Gasteiger partial charge in [0.1, 0.15) is 92.7 Å². The zero-order valence-corrected chi connectivity index (χ0v) is 68.2. The maximum Gasteiger partial charge on any atom is 0.408 e. The lowest BCUT2D eigenvalue weighted by Crippen LogP contribution is -2.66. The zero-order chi connectivity index (χ0) is 84.5. The van der Waals surface area contributed by atoms with E-state index >= 15 is 0 Å². The third kappa shape index (κ3) is 27.9. The van der Waals surface area contributed by atoms with Crippen LogP contribution in [0.25, 0.3) is 10.8 Å². The first kappa shape index (κ1) is 93.2. The SMILES string of the molecule is COC(=O)[C@H](C)NC(=O)C(C)(C)NC(=O)[C@H](C)NC(=O)C(C)(C)NC(=O)[C@H](Cc1ccc(N(C)C)cc1)NC(=O)C(C)(C)NC(=O)[C@H](C)NC(=O)C(C)(C)NC(=O)[C@H](C)NC(=O)C(C)(C)NC(=O)[C@H](Cc1ccc2ccccc2c1)NC(=O)C(C)(C)NC(=O)[C@H](C)NC(=O)C(C)(C)NC(=O)[C@H](C)NC(=O)OC(C)(C)C. The molecule has 34 heteroatoms. The van der Waals surface area contributed by atoms with E-state index < -0.39 is 187 Å². The highest BCUT2D eigenvalue weighted by Gasteiger charge is 2.43.